The summed E-state index contributed by atoms with van der Waals surface area (Å²) in [6.45, 7) is 0. The molecule has 0 fully saturated rings. The second-order valence-corrected chi connectivity index (χ2v) is 0.229. The van der Waals surface area contributed by atoms with Gasteiger partial charge in [-0.1, -0.05) is 0 Å². The van der Waals surface area contributed by atoms with E-state index in [1.54, 1.807) is 6.34 Å². The van der Waals surface area contributed by atoms with Gasteiger partial charge >= 0.3 is 0 Å². The van der Waals surface area contributed by atoms with Crippen molar-refractivity contribution in [2.45, 2.75) is 0 Å². The fourth-order valence-corrected chi connectivity index (χ4v) is 0. The van der Waals surface area contributed by atoms with E-state index in [9.17, 15) is 0 Å². The Morgan fingerprint density at radius 3 is 2.00 bits per heavy atom. The van der Waals surface area contributed by atoms with E-state index in [1.807, 2.05) is 0 Å². The zero-order chi connectivity index (χ0) is 3.41. The molecule has 0 heterocycles. The van der Waals surface area contributed by atoms with E-state index in [4.69, 9.17) is 5.21 Å². The van der Waals surface area contributed by atoms with Crippen LogP contribution in [0.5, 0.6) is 0 Å². The summed E-state index contributed by atoms with van der Waals surface area (Å²) in [6.07, 6.45) is 1.61. The minimum atomic E-state index is 0. The van der Waals surface area contributed by atoms with E-state index in [0.717, 1.165) is 0 Å². The quantitative estimate of drug-likeness (QED) is 0.107. The zero-order valence-electron chi connectivity index (χ0n) is 2.42. The van der Waals surface area contributed by atoms with Crippen molar-refractivity contribution in [3.63, 3.8) is 0 Å². The molecule has 5 heavy (non-hydrogen) atoms. The molecule has 0 rings (SSSR count). The third-order valence-corrected chi connectivity index (χ3v) is 0.0577. The monoisotopic (exact) mass is 110 g/mol. The Morgan fingerprint density at radius 2 is 2.00 bits per heavy atom. The van der Waals surface area contributed by atoms with Gasteiger partial charge in [0.2, 0.25) is 0 Å². The molecule has 0 aliphatic rings. The van der Waals surface area contributed by atoms with E-state index >= 15 is 0 Å². The van der Waals surface area contributed by atoms with Crippen molar-refractivity contribution in [3.05, 3.63) is 0 Å². The summed E-state index contributed by atoms with van der Waals surface area (Å²) >= 11 is 0. The molecule has 0 spiro atoms. The first-order chi connectivity index (χ1) is 1.91. The SMILES string of the molecule is N[C-]=NO.[V]. The number of hydrogen-bond donors (Lipinski definition) is 2. The fraction of sp³-hybridized carbons (Fsp3) is 0. The largest absolute Gasteiger partial charge is 0.560 e. The Kier molecular flexibility index (Phi) is 16.2. The molecule has 29 valence electrons. The zero-order valence-corrected chi connectivity index (χ0v) is 3.82. The molecule has 0 unspecified atom stereocenters. The Hall–Kier alpha value is -0.146. The van der Waals surface area contributed by atoms with Gasteiger partial charge in [-0.15, -0.1) is 0 Å². The van der Waals surface area contributed by atoms with Crippen LogP contribution in [0.3, 0.4) is 0 Å². The van der Waals surface area contributed by atoms with E-state index in [2.05, 4.69) is 10.9 Å². The first-order valence-corrected chi connectivity index (χ1v) is 0.712. The summed E-state index contributed by atoms with van der Waals surface area (Å²) in [6, 6.07) is 0. The van der Waals surface area contributed by atoms with Crippen LogP contribution in [0.1, 0.15) is 0 Å². The van der Waals surface area contributed by atoms with Gasteiger partial charge in [0, 0.05) is 18.6 Å². The second-order valence-electron chi connectivity index (χ2n) is 0.229. The maximum Gasteiger partial charge on any atom is 0 e. The fourth-order valence-electron chi connectivity index (χ4n) is 0. The van der Waals surface area contributed by atoms with Crippen LogP contribution in [0, 0.1) is 0 Å². The first kappa shape index (κ1) is 8.85. The van der Waals surface area contributed by atoms with E-state index in [1.165, 1.54) is 0 Å². The van der Waals surface area contributed by atoms with Gasteiger partial charge in [0.05, 0.1) is 0 Å². The molecule has 4 heteroatoms. The topological polar surface area (TPSA) is 58.6 Å². The molecule has 0 bridgehead atoms. The van der Waals surface area contributed by atoms with Crippen molar-refractivity contribution in [2.75, 3.05) is 0 Å². The van der Waals surface area contributed by atoms with Crippen molar-refractivity contribution in [1.82, 2.24) is 0 Å². The molecular formula is CH3N2OV-. The first-order valence-electron chi connectivity index (χ1n) is 0.712. The van der Waals surface area contributed by atoms with Gasteiger partial charge in [-0.25, -0.2) is 0 Å². The third kappa shape index (κ3) is 18.2. The Bertz CT molecular complexity index is 24.8. The van der Waals surface area contributed by atoms with Crippen molar-refractivity contribution >= 4 is 6.34 Å². The van der Waals surface area contributed by atoms with Crippen LogP contribution in [0.4, 0.5) is 0 Å². The van der Waals surface area contributed by atoms with Crippen LogP contribution in [-0.4, -0.2) is 11.5 Å². The van der Waals surface area contributed by atoms with Crippen LogP contribution in [0.15, 0.2) is 5.16 Å². The maximum absolute atomic E-state index is 7.26. The van der Waals surface area contributed by atoms with Crippen LogP contribution in [0.25, 0.3) is 0 Å². The second kappa shape index (κ2) is 9.13. The number of hydrogen-bond acceptors (Lipinski definition) is 2. The van der Waals surface area contributed by atoms with Crippen molar-refractivity contribution in [1.29, 1.82) is 0 Å². The number of nitrogens with two attached hydrogens (primary N) is 1. The van der Waals surface area contributed by atoms with Gasteiger partial charge < -0.3 is 10.9 Å². The standard InChI is InChI=1S/CH3N2O.V/c2-1-3-4;/h4H,(H2,2,3);/q-1;. The molecule has 0 aliphatic heterocycles. The summed E-state index contributed by atoms with van der Waals surface area (Å²) in [5, 5.41) is 9.53. The molecule has 0 atom stereocenters. The molecule has 0 aromatic rings. The molecule has 0 aliphatic carbocycles. The van der Waals surface area contributed by atoms with Gasteiger partial charge in [-0.3, -0.25) is 11.5 Å². The van der Waals surface area contributed by atoms with Crippen LogP contribution >= 0.6 is 0 Å². The molecule has 3 N–H and O–H groups in total. The van der Waals surface area contributed by atoms with Gasteiger partial charge in [0.25, 0.3) is 0 Å². The van der Waals surface area contributed by atoms with Crippen LogP contribution in [-0.2, 0) is 18.6 Å². The predicted molar refractivity (Wildman–Crippen MR) is 13.4 cm³/mol. The molecule has 1 radical (unpaired) electrons. The van der Waals surface area contributed by atoms with Crippen molar-refractivity contribution in [3.8, 4) is 0 Å². The van der Waals surface area contributed by atoms with Gasteiger partial charge in [0.15, 0.2) is 0 Å². The molecule has 0 aromatic carbocycles. The average molecular weight is 110 g/mol. The molecule has 3 nitrogen and oxygen atoms in total. The Balaban J connectivity index is 0. The number of nitrogens with zero attached hydrogens (tertiary/aromatic N) is 1. The van der Waals surface area contributed by atoms with Gasteiger partial charge in [-0.2, -0.15) is 0 Å². The third-order valence-electron chi connectivity index (χ3n) is 0.0577. The van der Waals surface area contributed by atoms with E-state index in [-0.39, 0.29) is 18.6 Å². The molecule has 0 aromatic heterocycles. The predicted octanol–water partition coefficient (Wildman–Crippen LogP) is -0.763. The summed E-state index contributed by atoms with van der Waals surface area (Å²) in [4.78, 5) is 0. The molecule has 0 saturated carbocycles. The van der Waals surface area contributed by atoms with Crippen molar-refractivity contribution in [2.24, 2.45) is 10.9 Å². The van der Waals surface area contributed by atoms with Gasteiger partial charge in [0.1, 0.15) is 0 Å². The Labute approximate surface area is 41.7 Å². The van der Waals surface area contributed by atoms with Crippen molar-refractivity contribution < 1.29 is 23.8 Å². The Morgan fingerprint density at radius 1 is 1.80 bits per heavy atom. The van der Waals surface area contributed by atoms with E-state index < -0.39 is 0 Å². The number of rotatable bonds is 0. The molecular weight excluding hydrogens is 107 g/mol. The normalized spacial score (nSPS) is 7.20. The van der Waals surface area contributed by atoms with Crippen LogP contribution in [0.2, 0.25) is 0 Å². The maximum atomic E-state index is 7.26. The van der Waals surface area contributed by atoms with E-state index in [0.29, 0.717) is 0 Å². The van der Waals surface area contributed by atoms with Crippen LogP contribution < -0.4 is 5.73 Å². The summed E-state index contributed by atoms with van der Waals surface area (Å²) in [7, 11) is 0. The minimum absolute atomic E-state index is 0. The minimum Gasteiger partial charge on any atom is -0.560 e. The average Bonchev–Trinajstić information content (AvgIpc) is 1.37. The summed E-state index contributed by atoms with van der Waals surface area (Å²) in [5.41, 5.74) is 4.36. The smallest absolute Gasteiger partial charge is 0 e. The summed E-state index contributed by atoms with van der Waals surface area (Å²) < 4.78 is 0. The molecule has 0 saturated heterocycles. The molecule has 0 amide bonds. The van der Waals surface area contributed by atoms with Gasteiger partial charge in [-0.05, 0) is 0 Å². The summed E-state index contributed by atoms with van der Waals surface area (Å²) in [5.74, 6) is 0.